The smallest absolute Gasteiger partial charge is 0.191 e. The highest BCUT2D eigenvalue weighted by atomic mass is 32.2. The first-order valence-electron chi connectivity index (χ1n) is 6.62. The highest BCUT2D eigenvalue weighted by Gasteiger charge is 2.08. The maximum Gasteiger partial charge on any atom is 0.191 e. The zero-order valence-electron chi connectivity index (χ0n) is 12.1. The van der Waals surface area contributed by atoms with E-state index in [4.69, 9.17) is 0 Å². The SMILES string of the molecule is CCCNc1cc(NCCS(=O)(=O)CC)nc(SC)n1. The van der Waals surface area contributed by atoms with Crippen LogP contribution in [0.5, 0.6) is 0 Å². The second kappa shape index (κ2) is 8.31. The van der Waals surface area contributed by atoms with Gasteiger partial charge in [-0.25, -0.2) is 18.4 Å². The Morgan fingerprint density at radius 2 is 1.75 bits per heavy atom. The molecule has 8 heteroatoms. The molecule has 0 amide bonds. The first-order valence-corrected chi connectivity index (χ1v) is 9.66. The van der Waals surface area contributed by atoms with E-state index in [0.717, 1.165) is 18.8 Å². The van der Waals surface area contributed by atoms with Crippen LogP contribution in [0.1, 0.15) is 20.3 Å². The van der Waals surface area contributed by atoms with Crippen molar-refractivity contribution in [3.05, 3.63) is 6.07 Å². The summed E-state index contributed by atoms with van der Waals surface area (Å²) in [7, 11) is -2.96. The zero-order chi connectivity index (χ0) is 15.0. The van der Waals surface area contributed by atoms with Crippen LogP contribution in [-0.2, 0) is 9.84 Å². The molecule has 1 aromatic rings. The van der Waals surface area contributed by atoms with Crippen LogP contribution in [0.3, 0.4) is 0 Å². The first-order chi connectivity index (χ1) is 9.50. The Balaban J connectivity index is 2.68. The normalized spacial score (nSPS) is 11.3. The molecule has 0 fully saturated rings. The fraction of sp³-hybridized carbons (Fsp3) is 0.667. The fourth-order valence-corrected chi connectivity index (χ4v) is 2.51. The van der Waals surface area contributed by atoms with Crippen LogP contribution in [0.15, 0.2) is 11.2 Å². The van der Waals surface area contributed by atoms with Gasteiger partial charge in [0, 0.05) is 24.9 Å². The van der Waals surface area contributed by atoms with Crippen LogP contribution >= 0.6 is 11.8 Å². The molecule has 1 aromatic heterocycles. The molecular formula is C12H22N4O2S2. The lowest BCUT2D eigenvalue weighted by Gasteiger charge is -2.10. The molecule has 114 valence electrons. The van der Waals surface area contributed by atoms with Gasteiger partial charge in [0.1, 0.15) is 11.6 Å². The lowest BCUT2D eigenvalue weighted by Crippen LogP contribution is -2.18. The van der Waals surface area contributed by atoms with Crippen LogP contribution in [0, 0.1) is 0 Å². The highest BCUT2D eigenvalue weighted by molar-refractivity contribution is 7.98. The summed E-state index contributed by atoms with van der Waals surface area (Å²) in [5.41, 5.74) is 0. The van der Waals surface area contributed by atoms with Gasteiger partial charge in [0.2, 0.25) is 0 Å². The van der Waals surface area contributed by atoms with Crippen molar-refractivity contribution in [2.24, 2.45) is 0 Å². The van der Waals surface area contributed by atoms with Crippen LogP contribution in [-0.4, -0.2) is 49.2 Å². The molecule has 0 aliphatic heterocycles. The molecule has 0 aromatic carbocycles. The number of thioether (sulfide) groups is 1. The first kappa shape index (κ1) is 17.0. The number of rotatable bonds is 9. The molecule has 0 bridgehead atoms. The van der Waals surface area contributed by atoms with Crippen molar-refractivity contribution in [1.82, 2.24) is 9.97 Å². The molecule has 1 rings (SSSR count). The molecule has 0 spiro atoms. The lowest BCUT2D eigenvalue weighted by atomic mass is 10.4. The van der Waals surface area contributed by atoms with E-state index < -0.39 is 9.84 Å². The standard InChI is InChI=1S/C12H22N4O2S2/c1-4-6-13-10-9-11(16-12(15-10)19-3)14-7-8-20(17,18)5-2/h9H,4-8H2,1-3H3,(H2,13,14,15,16). The van der Waals surface area contributed by atoms with Gasteiger partial charge >= 0.3 is 0 Å². The zero-order valence-corrected chi connectivity index (χ0v) is 13.8. The van der Waals surface area contributed by atoms with E-state index in [9.17, 15) is 8.42 Å². The summed E-state index contributed by atoms with van der Waals surface area (Å²) in [6.07, 6.45) is 2.92. The number of anilines is 2. The molecule has 0 atom stereocenters. The van der Waals surface area contributed by atoms with Crippen LogP contribution in [0.25, 0.3) is 0 Å². The summed E-state index contributed by atoms with van der Waals surface area (Å²) in [6.45, 7) is 4.93. The number of nitrogens with zero attached hydrogens (tertiary/aromatic N) is 2. The van der Waals surface area contributed by atoms with Crippen molar-refractivity contribution < 1.29 is 8.42 Å². The maximum absolute atomic E-state index is 11.4. The monoisotopic (exact) mass is 318 g/mol. The van der Waals surface area contributed by atoms with E-state index in [2.05, 4.69) is 27.5 Å². The molecule has 0 saturated heterocycles. The van der Waals surface area contributed by atoms with Gasteiger partial charge in [-0.3, -0.25) is 0 Å². The Bertz CT molecular complexity index is 520. The number of hydrogen-bond donors (Lipinski definition) is 2. The van der Waals surface area contributed by atoms with E-state index in [-0.39, 0.29) is 11.5 Å². The summed E-state index contributed by atoms with van der Waals surface area (Å²) in [5.74, 6) is 1.68. The predicted octanol–water partition coefficient (Wildman–Crippen LogP) is 1.87. The number of nitrogens with one attached hydrogen (secondary N) is 2. The Morgan fingerprint density at radius 1 is 1.15 bits per heavy atom. The van der Waals surface area contributed by atoms with Gasteiger partial charge < -0.3 is 10.6 Å². The van der Waals surface area contributed by atoms with Crippen LogP contribution < -0.4 is 10.6 Å². The molecule has 6 nitrogen and oxygen atoms in total. The largest absolute Gasteiger partial charge is 0.370 e. The molecule has 0 unspecified atom stereocenters. The fourth-order valence-electron chi connectivity index (χ4n) is 1.43. The molecule has 0 aliphatic rings. The Kier molecular flexibility index (Phi) is 7.08. The molecule has 0 saturated carbocycles. The quantitative estimate of drug-likeness (QED) is 0.531. The molecule has 20 heavy (non-hydrogen) atoms. The third-order valence-corrected chi connectivity index (χ3v) is 4.86. The minimum Gasteiger partial charge on any atom is -0.370 e. The second-order valence-electron chi connectivity index (χ2n) is 4.22. The Labute approximate surface area is 125 Å². The Morgan fingerprint density at radius 3 is 2.25 bits per heavy atom. The van der Waals surface area contributed by atoms with Crippen molar-refractivity contribution in [2.75, 3.05) is 41.5 Å². The van der Waals surface area contributed by atoms with Crippen molar-refractivity contribution in [3.63, 3.8) is 0 Å². The van der Waals surface area contributed by atoms with Gasteiger partial charge in [0.15, 0.2) is 15.0 Å². The van der Waals surface area contributed by atoms with Gasteiger partial charge in [0.05, 0.1) is 5.75 Å². The van der Waals surface area contributed by atoms with Gasteiger partial charge in [-0.15, -0.1) is 0 Å². The summed E-state index contributed by atoms with van der Waals surface area (Å²) >= 11 is 1.45. The summed E-state index contributed by atoms with van der Waals surface area (Å²) in [4.78, 5) is 8.66. The number of aromatic nitrogens is 2. The van der Waals surface area contributed by atoms with E-state index >= 15 is 0 Å². The molecule has 0 radical (unpaired) electrons. The van der Waals surface area contributed by atoms with E-state index in [1.807, 2.05) is 6.26 Å². The molecular weight excluding hydrogens is 296 g/mol. The van der Waals surface area contributed by atoms with E-state index in [1.165, 1.54) is 11.8 Å². The van der Waals surface area contributed by atoms with Crippen molar-refractivity contribution in [3.8, 4) is 0 Å². The summed E-state index contributed by atoms with van der Waals surface area (Å²) < 4.78 is 22.9. The molecule has 0 aliphatic carbocycles. The average Bonchev–Trinajstić information content (AvgIpc) is 2.44. The maximum atomic E-state index is 11.4. The molecule has 1 heterocycles. The lowest BCUT2D eigenvalue weighted by molar-refractivity contribution is 0.597. The average molecular weight is 318 g/mol. The second-order valence-corrected chi connectivity index (χ2v) is 7.46. The minimum absolute atomic E-state index is 0.111. The third kappa shape index (κ3) is 5.96. The topological polar surface area (TPSA) is 84.0 Å². The molecule has 2 N–H and O–H groups in total. The van der Waals surface area contributed by atoms with Crippen molar-refractivity contribution in [2.45, 2.75) is 25.4 Å². The van der Waals surface area contributed by atoms with E-state index in [1.54, 1.807) is 13.0 Å². The van der Waals surface area contributed by atoms with Crippen LogP contribution in [0.4, 0.5) is 11.6 Å². The van der Waals surface area contributed by atoms with Gasteiger partial charge in [-0.05, 0) is 12.7 Å². The summed E-state index contributed by atoms with van der Waals surface area (Å²) in [6, 6.07) is 1.80. The van der Waals surface area contributed by atoms with E-state index in [0.29, 0.717) is 17.5 Å². The third-order valence-electron chi connectivity index (χ3n) is 2.60. The van der Waals surface area contributed by atoms with Gasteiger partial charge in [0.25, 0.3) is 0 Å². The van der Waals surface area contributed by atoms with Crippen molar-refractivity contribution in [1.29, 1.82) is 0 Å². The highest BCUT2D eigenvalue weighted by Crippen LogP contribution is 2.17. The van der Waals surface area contributed by atoms with Gasteiger partial charge in [-0.2, -0.15) is 0 Å². The minimum atomic E-state index is -2.96. The number of hydrogen-bond acceptors (Lipinski definition) is 7. The van der Waals surface area contributed by atoms with Crippen molar-refractivity contribution >= 4 is 33.2 Å². The predicted molar refractivity (Wildman–Crippen MR) is 85.4 cm³/mol. The van der Waals surface area contributed by atoms with Gasteiger partial charge in [-0.1, -0.05) is 25.6 Å². The summed E-state index contributed by atoms with van der Waals surface area (Å²) in [5, 5.41) is 6.91. The number of sulfone groups is 1. The Hall–Kier alpha value is -1.02. The van der Waals surface area contributed by atoms with Crippen LogP contribution in [0.2, 0.25) is 0 Å².